The Morgan fingerprint density at radius 3 is 2.79 bits per heavy atom. The SMILES string of the molecule is COc1cc(CCN)cc(C#N)c1O. The summed E-state index contributed by atoms with van der Waals surface area (Å²) in [6.07, 6.45) is 0.658. The van der Waals surface area contributed by atoms with Gasteiger partial charge in [0.1, 0.15) is 6.07 Å². The predicted octanol–water partition coefficient (Wildman–Crippen LogP) is 0.774. The number of nitriles is 1. The van der Waals surface area contributed by atoms with Crippen molar-refractivity contribution >= 4 is 0 Å². The van der Waals surface area contributed by atoms with E-state index < -0.39 is 0 Å². The van der Waals surface area contributed by atoms with Crippen molar-refractivity contribution in [2.45, 2.75) is 6.42 Å². The first-order valence-electron chi connectivity index (χ1n) is 4.23. The highest BCUT2D eigenvalue weighted by Gasteiger charge is 2.09. The minimum atomic E-state index is -0.115. The van der Waals surface area contributed by atoms with E-state index in [-0.39, 0.29) is 11.3 Å². The molecule has 0 saturated carbocycles. The van der Waals surface area contributed by atoms with E-state index >= 15 is 0 Å². The molecule has 4 nitrogen and oxygen atoms in total. The molecule has 1 aromatic carbocycles. The molecule has 14 heavy (non-hydrogen) atoms. The van der Waals surface area contributed by atoms with Crippen molar-refractivity contribution in [3.63, 3.8) is 0 Å². The topological polar surface area (TPSA) is 79.3 Å². The summed E-state index contributed by atoms with van der Waals surface area (Å²) in [5.74, 6) is 0.197. The lowest BCUT2D eigenvalue weighted by Crippen LogP contribution is -2.03. The summed E-state index contributed by atoms with van der Waals surface area (Å²) >= 11 is 0. The van der Waals surface area contributed by atoms with Crippen molar-refractivity contribution in [2.75, 3.05) is 13.7 Å². The van der Waals surface area contributed by atoms with E-state index in [0.29, 0.717) is 18.7 Å². The second-order valence-electron chi connectivity index (χ2n) is 2.84. The van der Waals surface area contributed by atoms with Crippen LogP contribution < -0.4 is 10.5 Å². The molecule has 0 aliphatic carbocycles. The van der Waals surface area contributed by atoms with E-state index in [1.165, 1.54) is 7.11 Å². The Morgan fingerprint density at radius 2 is 2.29 bits per heavy atom. The van der Waals surface area contributed by atoms with Gasteiger partial charge in [0.2, 0.25) is 0 Å². The lowest BCUT2D eigenvalue weighted by molar-refractivity contribution is 0.372. The molecular formula is C10H12N2O2. The summed E-state index contributed by atoms with van der Waals surface area (Å²) in [5, 5.41) is 18.2. The van der Waals surface area contributed by atoms with Gasteiger partial charge in [0.15, 0.2) is 11.5 Å². The van der Waals surface area contributed by atoms with E-state index in [2.05, 4.69) is 0 Å². The number of nitrogens with two attached hydrogens (primary N) is 1. The molecule has 0 bridgehead atoms. The van der Waals surface area contributed by atoms with Crippen LogP contribution in [0.2, 0.25) is 0 Å². The molecule has 0 saturated heterocycles. The molecule has 3 N–H and O–H groups in total. The first-order valence-corrected chi connectivity index (χ1v) is 4.23. The molecule has 0 fully saturated rings. The molecular weight excluding hydrogens is 180 g/mol. The summed E-state index contributed by atoms with van der Waals surface area (Å²) in [7, 11) is 1.45. The first kappa shape index (κ1) is 10.4. The fraction of sp³-hybridized carbons (Fsp3) is 0.300. The third-order valence-corrected chi connectivity index (χ3v) is 1.91. The highest BCUT2D eigenvalue weighted by Crippen LogP contribution is 2.30. The molecule has 0 atom stereocenters. The van der Waals surface area contributed by atoms with Crippen LogP contribution in [-0.4, -0.2) is 18.8 Å². The summed E-state index contributed by atoms with van der Waals surface area (Å²) < 4.78 is 4.93. The van der Waals surface area contributed by atoms with Crippen molar-refractivity contribution in [3.8, 4) is 17.6 Å². The molecule has 0 aliphatic heterocycles. The number of rotatable bonds is 3. The third kappa shape index (κ3) is 1.95. The van der Waals surface area contributed by atoms with E-state index in [1.807, 2.05) is 6.07 Å². The Morgan fingerprint density at radius 1 is 1.57 bits per heavy atom. The maximum atomic E-state index is 9.50. The van der Waals surface area contributed by atoms with E-state index in [9.17, 15) is 5.11 Å². The normalized spacial score (nSPS) is 9.50. The van der Waals surface area contributed by atoms with E-state index in [1.54, 1.807) is 12.1 Å². The molecule has 74 valence electrons. The van der Waals surface area contributed by atoms with Crippen LogP contribution in [0.5, 0.6) is 11.5 Å². The second-order valence-corrected chi connectivity index (χ2v) is 2.84. The number of phenolic OH excluding ortho intramolecular Hbond substituents is 1. The molecule has 0 heterocycles. The molecule has 0 aromatic heterocycles. The van der Waals surface area contributed by atoms with Crippen molar-refractivity contribution < 1.29 is 9.84 Å². The Bertz CT molecular complexity index is 369. The lowest BCUT2D eigenvalue weighted by atomic mass is 10.1. The van der Waals surface area contributed by atoms with Crippen LogP contribution in [0.1, 0.15) is 11.1 Å². The smallest absolute Gasteiger partial charge is 0.175 e. The van der Waals surface area contributed by atoms with Crippen LogP contribution in [0, 0.1) is 11.3 Å². The third-order valence-electron chi connectivity index (χ3n) is 1.91. The Labute approximate surface area is 82.5 Å². The Balaban J connectivity index is 3.19. The average Bonchev–Trinajstić information content (AvgIpc) is 2.20. The average molecular weight is 192 g/mol. The van der Waals surface area contributed by atoms with Crippen LogP contribution in [0.15, 0.2) is 12.1 Å². The van der Waals surface area contributed by atoms with Crippen LogP contribution in [0.25, 0.3) is 0 Å². The van der Waals surface area contributed by atoms with Gasteiger partial charge in [-0.3, -0.25) is 0 Å². The number of benzene rings is 1. The van der Waals surface area contributed by atoms with Crippen LogP contribution in [0.4, 0.5) is 0 Å². The molecule has 0 unspecified atom stereocenters. The largest absolute Gasteiger partial charge is 0.503 e. The van der Waals surface area contributed by atoms with Gasteiger partial charge >= 0.3 is 0 Å². The summed E-state index contributed by atoms with van der Waals surface area (Å²) in [6, 6.07) is 5.20. The standard InChI is InChI=1S/C10H12N2O2/c1-14-9-5-7(2-3-11)4-8(6-12)10(9)13/h4-5,13H,2-3,11H2,1H3. The van der Waals surface area contributed by atoms with Crippen molar-refractivity contribution in [3.05, 3.63) is 23.3 Å². The number of nitrogens with zero attached hydrogens (tertiary/aromatic N) is 1. The van der Waals surface area contributed by atoms with E-state index in [0.717, 1.165) is 5.56 Å². The van der Waals surface area contributed by atoms with E-state index in [4.69, 9.17) is 15.7 Å². The highest BCUT2D eigenvalue weighted by molar-refractivity contribution is 5.53. The minimum Gasteiger partial charge on any atom is -0.503 e. The summed E-state index contributed by atoms with van der Waals surface area (Å²) in [5.41, 5.74) is 6.50. The number of phenols is 1. The maximum Gasteiger partial charge on any atom is 0.175 e. The van der Waals surface area contributed by atoms with Crippen molar-refractivity contribution in [2.24, 2.45) is 5.73 Å². The zero-order valence-corrected chi connectivity index (χ0v) is 7.95. The summed E-state index contributed by atoms with van der Waals surface area (Å²) in [6.45, 7) is 0.499. The van der Waals surface area contributed by atoms with Gasteiger partial charge in [-0.05, 0) is 30.7 Å². The number of hydrogen-bond donors (Lipinski definition) is 2. The van der Waals surface area contributed by atoms with Gasteiger partial charge in [-0.1, -0.05) is 0 Å². The van der Waals surface area contributed by atoms with Crippen LogP contribution in [0.3, 0.4) is 0 Å². The maximum absolute atomic E-state index is 9.50. The van der Waals surface area contributed by atoms with Gasteiger partial charge in [-0.2, -0.15) is 5.26 Å². The molecule has 4 heteroatoms. The zero-order valence-electron chi connectivity index (χ0n) is 7.95. The van der Waals surface area contributed by atoms with Gasteiger partial charge in [0.05, 0.1) is 12.7 Å². The Hall–Kier alpha value is -1.73. The molecule has 0 amide bonds. The lowest BCUT2D eigenvalue weighted by Gasteiger charge is -2.07. The zero-order chi connectivity index (χ0) is 10.6. The quantitative estimate of drug-likeness (QED) is 0.741. The molecule has 0 radical (unpaired) electrons. The number of aromatic hydroxyl groups is 1. The molecule has 0 aliphatic rings. The monoisotopic (exact) mass is 192 g/mol. The number of ether oxygens (including phenoxy) is 1. The van der Waals surface area contributed by atoms with Crippen molar-refractivity contribution in [1.82, 2.24) is 0 Å². The van der Waals surface area contributed by atoms with Crippen LogP contribution in [-0.2, 0) is 6.42 Å². The fourth-order valence-electron chi connectivity index (χ4n) is 1.22. The van der Waals surface area contributed by atoms with Gasteiger partial charge in [0.25, 0.3) is 0 Å². The minimum absolute atomic E-state index is 0.115. The van der Waals surface area contributed by atoms with Crippen molar-refractivity contribution in [1.29, 1.82) is 5.26 Å². The van der Waals surface area contributed by atoms with Gasteiger partial charge in [0, 0.05) is 0 Å². The first-order chi connectivity index (χ1) is 6.72. The highest BCUT2D eigenvalue weighted by atomic mass is 16.5. The molecule has 1 rings (SSSR count). The Kier molecular flexibility index (Phi) is 3.32. The van der Waals surface area contributed by atoms with Gasteiger partial charge in [-0.25, -0.2) is 0 Å². The fourth-order valence-corrected chi connectivity index (χ4v) is 1.22. The van der Waals surface area contributed by atoms with Crippen LogP contribution >= 0.6 is 0 Å². The molecule has 0 spiro atoms. The predicted molar refractivity (Wildman–Crippen MR) is 52.1 cm³/mol. The number of methoxy groups -OCH3 is 1. The molecule has 1 aromatic rings. The number of hydrogen-bond acceptors (Lipinski definition) is 4. The van der Waals surface area contributed by atoms with Gasteiger partial charge < -0.3 is 15.6 Å². The summed E-state index contributed by atoms with van der Waals surface area (Å²) in [4.78, 5) is 0. The second kappa shape index (κ2) is 4.49. The van der Waals surface area contributed by atoms with Gasteiger partial charge in [-0.15, -0.1) is 0 Å².